The SMILES string of the molecule is Cn1c(-c2ccccc2)cnc1NC(=O)Cn1cc(C(=O)Nc2ccc(F)cc2)ccc1=O. The number of anilines is 2. The summed E-state index contributed by atoms with van der Waals surface area (Å²) in [5, 5.41) is 5.30. The second-order valence-electron chi connectivity index (χ2n) is 7.29. The molecule has 2 amide bonds. The van der Waals surface area contributed by atoms with Crippen molar-refractivity contribution in [3.8, 4) is 11.3 Å². The lowest BCUT2D eigenvalue weighted by atomic mass is 10.2. The second-order valence-corrected chi connectivity index (χ2v) is 7.29. The highest BCUT2D eigenvalue weighted by molar-refractivity contribution is 6.04. The largest absolute Gasteiger partial charge is 0.322 e. The van der Waals surface area contributed by atoms with Gasteiger partial charge in [0.15, 0.2) is 0 Å². The van der Waals surface area contributed by atoms with Crippen molar-refractivity contribution in [1.82, 2.24) is 14.1 Å². The van der Waals surface area contributed by atoms with Crippen molar-refractivity contribution in [2.24, 2.45) is 7.05 Å². The number of nitrogens with zero attached hydrogens (tertiary/aromatic N) is 3. The van der Waals surface area contributed by atoms with Crippen LogP contribution in [0, 0.1) is 5.82 Å². The minimum Gasteiger partial charge on any atom is -0.322 e. The Kier molecular flexibility index (Phi) is 6.12. The number of pyridine rings is 1. The first-order valence-corrected chi connectivity index (χ1v) is 10.0. The molecule has 0 aliphatic heterocycles. The molecule has 166 valence electrons. The number of benzene rings is 2. The number of carbonyl (C=O) groups is 2. The Hall–Kier alpha value is -4.53. The lowest BCUT2D eigenvalue weighted by Gasteiger charge is -2.10. The number of imidazole rings is 1. The molecule has 4 rings (SSSR count). The van der Waals surface area contributed by atoms with E-state index < -0.39 is 23.2 Å². The smallest absolute Gasteiger partial charge is 0.257 e. The number of aromatic nitrogens is 3. The summed E-state index contributed by atoms with van der Waals surface area (Å²) in [5.74, 6) is -1.05. The van der Waals surface area contributed by atoms with E-state index in [4.69, 9.17) is 0 Å². The van der Waals surface area contributed by atoms with E-state index in [1.54, 1.807) is 17.8 Å². The van der Waals surface area contributed by atoms with Crippen LogP contribution >= 0.6 is 0 Å². The lowest BCUT2D eigenvalue weighted by Crippen LogP contribution is -2.29. The average molecular weight is 445 g/mol. The summed E-state index contributed by atoms with van der Waals surface area (Å²) in [6, 6.07) is 17.5. The van der Waals surface area contributed by atoms with Crippen molar-refractivity contribution in [2.75, 3.05) is 10.6 Å². The minimum absolute atomic E-state index is 0.176. The van der Waals surface area contributed by atoms with E-state index in [-0.39, 0.29) is 12.1 Å². The van der Waals surface area contributed by atoms with Crippen LogP contribution in [0.25, 0.3) is 11.3 Å². The summed E-state index contributed by atoms with van der Waals surface area (Å²) in [5.41, 5.74) is 1.91. The maximum absolute atomic E-state index is 13.0. The molecule has 0 bridgehead atoms. The Bertz CT molecular complexity index is 1360. The van der Waals surface area contributed by atoms with Gasteiger partial charge in [0.05, 0.1) is 17.5 Å². The van der Waals surface area contributed by atoms with Gasteiger partial charge in [0.1, 0.15) is 12.4 Å². The quantitative estimate of drug-likeness (QED) is 0.476. The molecular weight excluding hydrogens is 425 g/mol. The van der Waals surface area contributed by atoms with Crippen LogP contribution in [-0.4, -0.2) is 25.9 Å². The third-order valence-corrected chi connectivity index (χ3v) is 4.97. The molecule has 2 heterocycles. The molecule has 0 aliphatic carbocycles. The van der Waals surface area contributed by atoms with Gasteiger partial charge < -0.3 is 14.5 Å². The molecule has 0 spiro atoms. The normalized spacial score (nSPS) is 10.6. The second kappa shape index (κ2) is 9.31. The predicted molar refractivity (Wildman–Crippen MR) is 122 cm³/mol. The number of halogens is 1. The zero-order valence-electron chi connectivity index (χ0n) is 17.7. The van der Waals surface area contributed by atoms with Gasteiger partial charge in [0.2, 0.25) is 11.9 Å². The highest BCUT2D eigenvalue weighted by atomic mass is 19.1. The zero-order chi connectivity index (χ0) is 23.4. The number of hydrogen-bond acceptors (Lipinski definition) is 4. The number of hydrogen-bond donors (Lipinski definition) is 2. The van der Waals surface area contributed by atoms with Gasteiger partial charge in [0.25, 0.3) is 11.5 Å². The fourth-order valence-electron chi connectivity index (χ4n) is 3.25. The van der Waals surface area contributed by atoms with Crippen LogP contribution in [0.5, 0.6) is 0 Å². The van der Waals surface area contributed by atoms with Crippen molar-refractivity contribution in [1.29, 1.82) is 0 Å². The maximum atomic E-state index is 13.0. The summed E-state index contributed by atoms with van der Waals surface area (Å²) < 4.78 is 15.9. The molecule has 0 atom stereocenters. The Morgan fingerprint density at radius 1 is 0.970 bits per heavy atom. The van der Waals surface area contributed by atoms with Crippen LogP contribution in [-0.2, 0) is 18.4 Å². The molecule has 33 heavy (non-hydrogen) atoms. The fourth-order valence-corrected chi connectivity index (χ4v) is 3.25. The zero-order valence-corrected chi connectivity index (χ0v) is 17.7. The van der Waals surface area contributed by atoms with Gasteiger partial charge >= 0.3 is 0 Å². The first kappa shape index (κ1) is 21.7. The van der Waals surface area contributed by atoms with E-state index in [0.29, 0.717) is 11.6 Å². The van der Waals surface area contributed by atoms with Gasteiger partial charge in [0, 0.05) is 25.0 Å². The van der Waals surface area contributed by atoms with E-state index in [2.05, 4.69) is 15.6 Å². The van der Waals surface area contributed by atoms with Crippen molar-refractivity contribution < 1.29 is 14.0 Å². The van der Waals surface area contributed by atoms with Gasteiger partial charge in [-0.1, -0.05) is 30.3 Å². The third kappa shape index (κ3) is 5.04. The molecule has 0 aliphatic rings. The number of carbonyl (C=O) groups excluding carboxylic acids is 2. The third-order valence-electron chi connectivity index (χ3n) is 4.97. The lowest BCUT2D eigenvalue weighted by molar-refractivity contribution is -0.116. The molecule has 9 heteroatoms. The molecule has 4 aromatic rings. The summed E-state index contributed by atoms with van der Waals surface area (Å²) >= 11 is 0. The number of nitrogens with one attached hydrogen (secondary N) is 2. The average Bonchev–Trinajstić information content (AvgIpc) is 3.17. The van der Waals surface area contributed by atoms with Crippen LogP contribution in [0.15, 0.2) is 83.9 Å². The van der Waals surface area contributed by atoms with Crippen LogP contribution in [0.3, 0.4) is 0 Å². The molecule has 0 unspecified atom stereocenters. The van der Waals surface area contributed by atoms with Gasteiger partial charge in [-0.05, 0) is 35.9 Å². The van der Waals surface area contributed by atoms with Crippen LogP contribution in [0.1, 0.15) is 10.4 Å². The van der Waals surface area contributed by atoms with Crippen molar-refractivity contribution in [3.63, 3.8) is 0 Å². The van der Waals surface area contributed by atoms with Crippen molar-refractivity contribution in [2.45, 2.75) is 6.54 Å². The summed E-state index contributed by atoms with van der Waals surface area (Å²) in [7, 11) is 1.78. The monoisotopic (exact) mass is 445 g/mol. The fraction of sp³-hybridized carbons (Fsp3) is 0.0833. The maximum Gasteiger partial charge on any atom is 0.257 e. The minimum atomic E-state index is -0.493. The summed E-state index contributed by atoms with van der Waals surface area (Å²) in [6.07, 6.45) is 2.95. The number of rotatable bonds is 6. The van der Waals surface area contributed by atoms with E-state index in [1.165, 1.54) is 42.6 Å². The summed E-state index contributed by atoms with van der Waals surface area (Å²) in [6.45, 7) is -0.302. The van der Waals surface area contributed by atoms with Gasteiger partial charge in [-0.15, -0.1) is 0 Å². The first-order chi connectivity index (χ1) is 15.9. The Morgan fingerprint density at radius 3 is 2.42 bits per heavy atom. The van der Waals surface area contributed by atoms with Gasteiger partial charge in [-0.3, -0.25) is 19.7 Å². The molecule has 0 saturated heterocycles. The standard InChI is InChI=1S/C24H20FN5O3/c1-29-20(16-5-3-2-4-6-16)13-26-24(29)28-21(31)15-30-14-17(7-12-22(30)32)23(33)27-19-10-8-18(25)9-11-19/h2-14H,15H2,1H3,(H,27,33)(H,26,28,31). The molecule has 0 radical (unpaired) electrons. The van der Waals surface area contributed by atoms with Gasteiger partial charge in [-0.2, -0.15) is 0 Å². The van der Waals surface area contributed by atoms with Crippen LogP contribution < -0.4 is 16.2 Å². The number of amides is 2. The molecule has 2 aromatic carbocycles. The van der Waals surface area contributed by atoms with Crippen molar-refractivity contribution in [3.05, 3.63) is 101 Å². The van der Waals surface area contributed by atoms with Gasteiger partial charge in [-0.25, -0.2) is 9.37 Å². The molecule has 0 saturated carbocycles. The van der Waals surface area contributed by atoms with Crippen LogP contribution in [0.4, 0.5) is 16.0 Å². The molecule has 0 fully saturated rings. The predicted octanol–water partition coefficient (Wildman–Crippen LogP) is 3.28. The topological polar surface area (TPSA) is 98.0 Å². The first-order valence-electron chi connectivity index (χ1n) is 10.0. The van der Waals surface area contributed by atoms with E-state index >= 15 is 0 Å². The highest BCUT2D eigenvalue weighted by Gasteiger charge is 2.14. The Morgan fingerprint density at radius 2 is 1.70 bits per heavy atom. The molecule has 8 nitrogen and oxygen atoms in total. The Labute approximate surface area is 188 Å². The van der Waals surface area contributed by atoms with E-state index in [1.807, 2.05) is 30.3 Å². The van der Waals surface area contributed by atoms with Crippen LogP contribution in [0.2, 0.25) is 0 Å². The molecule has 2 aromatic heterocycles. The Balaban J connectivity index is 1.46. The highest BCUT2D eigenvalue weighted by Crippen LogP contribution is 2.21. The van der Waals surface area contributed by atoms with Crippen molar-refractivity contribution >= 4 is 23.5 Å². The van der Waals surface area contributed by atoms with E-state index in [9.17, 15) is 18.8 Å². The molecular formula is C24H20FN5O3. The summed E-state index contributed by atoms with van der Waals surface area (Å²) in [4.78, 5) is 41.5. The molecule has 2 N–H and O–H groups in total. The van der Waals surface area contributed by atoms with E-state index in [0.717, 1.165) is 15.8 Å².